The predicted octanol–water partition coefficient (Wildman–Crippen LogP) is 4.08. The van der Waals surface area contributed by atoms with E-state index in [4.69, 9.17) is 42.4 Å². The van der Waals surface area contributed by atoms with Crippen molar-refractivity contribution in [2.24, 2.45) is 0 Å². The number of hydrogen-bond donors (Lipinski definition) is 1. The Hall–Kier alpha value is -3.05. The summed E-state index contributed by atoms with van der Waals surface area (Å²) in [4.78, 5) is 28.0. The predicted molar refractivity (Wildman–Crippen MR) is 162 cm³/mol. The minimum Gasteiger partial charge on any atom is -0.495 e. The summed E-state index contributed by atoms with van der Waals surface area (Å²) >= 11 is 13.6. The largest absolute Gasteiger partial charge is 0.495 e. The van der Waals surface area contributed by atoms with Crippen molar-refractivity contribution in [2.45, 2.75) is 18.9 Å². The van der Waals surface area contributed by atoms with Crippen molar-refractivity contribution < 1.29 is 19.0 Å². The Kier molecular flexibility index (Phi) is 9.54. The zero-order valence-electron chi connectivity index (χ0n) is 23.5. The lowest BCUT2D eigenvalue weighted by Crippen LogP contribution is -2.48. The van der Waals surface area contributed by atoms with Gasteiger partial charge in [-0.2, -0.15) is 4.98 Å². The molecule has 3 aliphatic heterocycles. The van der Waals surface area contributed by atoms with Crippen molar-refractivity contribution in [3.05, 3.63) is 46.1 Å². The first kappa shape index (κ1) is 29.4. The Morgan fingerprint density at radius 3 is 2.54 bits per heavy atom. The minimum atomic E-state index is -0.00588. The normalized spacial score (nSPS) is 19.0. The second-order valence-corrected chi connectivity index (χ2v) is 11.0. The number of nitrogens with zero attached hydrogens (tertiary/aromatic N) is 5. The van der Waals surface area contributed by atoms with Gasteiger partial charge in [0.25, 0.3) is 0 Å². The summed E-state index contributed by atoms with van der Waals surface area (Å²) in [5, 5.41) is 4.27. The molecule has 0 aliphatic carbocycles. The molecule has 2 fully saturated rings. The number of amides is 1. The highest BCUT2D eigenvalue weighted by Crippen LogP contribution is 2.46. The number of carbonyl (C=O) groups excluding carboxylic acids is 1. The number of rotatable bonds is 10. The molecule has 0 radical (unpaired) electrons. The van der Waals surface area contributed by atoms with Crippen LogP contribution in [0.15, 0.2) is 24.9 Å². The maximum Gasteiger partial charge on any atom is 0.246 e. The fourth-order valence-corrected chi connectivity index (χ4v) is 6.20. The van der Waals surface area contributed by atoms with Gasteiger partial charge in [0.15, 0.2) is 0 Å². The second kappa shape index (κ2) is 13.3. The second-order valence-electron chi connectivity index (χ2n) is 10.3. The molecule has 0 spiro atoms. The van der Waals surface area contributed by atoms with E-state index >= 15 is 0 Å². The van der Waals surface area contributed by atoms with E-state index < -0.39 is 0 Å². The number of carbonyl (C=O) groups is 1. The number of nitrogens with one attached hydrogen (secondary N) is 1. The summed E-state index contributed by atoms with van der Waals surface area (Å²) in [6.45, 7) is 10.3. The van der Waals surface area contributed by atoms with Crippen molar-refractivity contribution in [1.82, 2.24) is 19.8 Å². The molecule has 41 heavy (non-hydrogen) atoms. The minimum absolute atomic E-state index is 0.00588. The Labute approximate surface area is 250 Å². The van der Waals surface area contributed by atoms with Gasteiger partial charge in [0.05, 0.1) is 36.9 Å². The van der Waals surface area contributed by atoms with E-state index in [2.05, 4.69) is 26.7 Å². The van der Waals surface area contributed by atoms with Gasteiger partial charge in [-0.1, -0.05) is 29.8 Å². The highest BCUT2D eigenvalue weighted by Gasteiger charge is 2.28. The molecule has 5 rings (SSSR count). The average Bonchev–Trinajstić information content (AvgIpc) is 3.50. The van der Waals surface area contributed by atoms with Crippen LogP contribution in [0.5, 0.6) is 11.5 Å². The zero-order valence-corrected chi connectivity index (χ0v) is 25.0. The first-order chi connectivity index (χ1) is 19.9. The molecule has 0 bridgehead atoms. The van der Waals surface area contributed by atoms with Gasteiger partial charge in [-0.05, 0) is 37.1 Å². The number of aromatic nitrogens is 2. The van der Waals surface area contributed by atoms with E-state index in [1.54, 1.807) is 20.3 Å². The van der Waals surface area contributed by atoms with E-state index in [0.29, 0.717) is 59.3 Å². The van der Waals surface area contributed by atoms with Crippen LogP contribution in [0.3, 0.4) is 0 Å². The lowest BCUT2D eigenvalue weighted by Gasteiger charge is -2.35. The van der Waals surface area contributed by atoms with E-state index in [-0.39, 0.29) is 11.9 Å². The van der Waals surface area contributed by atoms with Gasteiger partial charge in [0.2, 0.25) is 11.9 Å². The number of methoxy groups -OCH3 is 2. The van der Waals surface area contributed by atoms with Gasteiger partial charge in [0, 0.05) is 69.3 Å². The van der Waals surface area contributed by atoms with Gasteiger partial charge in [-0.3, -0.25) is 9.69 Å². The molecule has 1 aromatic heterocycles. The van der Waals surface area contributed by atoms with Crippen molar-refractivity contribution in [2.75, 3.05) is 83.5 Å². The van der Waals surface area contributed by atoms with Gasteiger partial charge < -0.3 is 29.3 Å². The standard InChI is InChI=1S/C29H36Cl2N6O4/c1-4-24(38)36-11-9-35(10-12-36)7-5-8-37-17-20(25-26(30)22(39-2)15-23(40-3)27(25)31)14-19-16-32-29(34-28(19)37)33-21-6-13-41-18-21/h4,14-16,21H,1,5-13,17-18H2,2-3H3,(H,32,33,34). The Balaban J connectivity index is 1.38. The Bertz CT molecular complexity index is 1280. The van der Waals surface area contributed by atoms with Crippen molar-refractivity contribution in [3.63, 3.8) is 0 Å². The van der Waals surface area contributed by atoms with Crippen molar-refractivity contribution >= 4 is 52.5 Å². The van der Waals surface area contributed by atoms with Crippen LogP contribution in [0.1, 0.15) is 24.0 Å². The van der Waals surface area contributed by atoms with Crippen LogP contribution < -0.4 is 19.7 Å². The molecule has 1 amide bonds. The third-order valence-electron chi connectivity index (χ3n) is 7.71. The molecule has 1 aromatic carbocycles. The maximum absolute atomic E-state index is 11.9. The molecule has 3 aliphatic rings. The highest BCUT2D eigenvalue weighted by atomic mass is 35.5. The van der Waals surface area contributed by atoms with Crippen LogP contribution >= 0.6 is 23.2 Å². The summed E-state index contributed by atoms with van der Waals surface area (Å²) in [6, 6.07) is 1.89. The van der Waals surface area contributed by atoms with E-state index in [1.807, 2.05) is 17.2 Å². The van der Waals surface area contributed by atoms with Crippen LogP contribution in [-0.4, -0.2) is 105 Å². The first-order valence-corrected chi connectivity index (χ1v) is 14.6. The molecule has 0 saturated carbocycles. The summed E-state index contributed by atoms with van der Waals surface area (Å²) in [7, 11) is 3.14. The maximum atomic E-state index is 11.9. The summed E-state index contributed by atoms with van der Waals surface area (Å²) in [5.74, 6) is 2.42. The van der Waals surface area contributed by atoms with Crippen LogP contribution in [0, 0.1) is 0 Å². The lowest BCUT2D eigenvalue weighted by atomic mass is 9.98. The van der Waals surface area contributed by atoms with Gasteiger partial charge >= 0.3 is 0 Å². The number of fused-ring (bicyclic) bond motifs is 1. The summed E-state index contributed by atoms with van der Waals surface area (Å²) in [6.07, 6.45) is 7.09. The Morgan fingerprint density at radius 1 is 1.17 bits per heavy atom. The first-order valence-electron chi connectivity index (χ1n) is 13.8. The summed E-state index contributed by atoms with van der Waals surface area (Å²) in [5.41, 5.74) is 2.48. The summed E-state index contributed by atoms with van der Waals surface area (Å²) < 4.78 is 16.5. The van der Waals surface area contributed by atoms with Crippen LogP contribution in [0.25, 0.3) is 11.6 Å². The molecular weight excluding hydrogens is 567 g/mol. The third-order valence-corrected chi connectivity index (χ3v) is 8.46. The van der Waals surface area contributed by atoms with Gasteiger partial charge in [-0.15, -0.1) is 0 Å². The molecule has 220 valence electrons. The van der Waals surface area contributed by atoms with E-state index in [0.717, 1.165) is 62.6 Å². The highest BCUT2D eigenvalue weighted by molar-refractivity contribution is 6.39. The molecule has 1 unspecified atom stereocenters. The topological polar surface area (TPSA) is 92.3 Å². The lowest BCUT2D eigenvalue weighted by molar-refractivity contribution is -0.127. The molecule has 1 atom stereocenters. The van der Waals surface area contributed by atoms with Crippen LogP contribution in [0.2, 0.25) is 10.0 Å². The van der Waals surface area contributed by atoms with E-state index in [9.17, 15) is 4.79 Å². The number of anilines is 2. The molecule has 12 heteroatoms. The smallest absolute Gasteiger partial charge is 0.246 e. The average molecular weight is 604 g/mol. The zero-order chi connectivity index (χ0) is 28.9. The quantitative estimate of drug-likeness (QED) is 0.404. The van der Waals surface area contributed by atoms with Gasteiger partial charge in [-0.25, -0.2) is 4.98 Å². The third kappa shape index (κ3) is 6.56. The Morgan fingerprint density at radius 2 is 1.90 bits per heavy atom. The fourth-order valence-electron chi connectivity index (χ4n) is 5.46. The molecule has 10 nitrogen and oxygen atoms in total. The number of ether oxygens (including phenoxy) is 3. The van der Waals surface area contributed by atoms with E-state index in [1.165, 1.54) is 6.08 Å². The number of hydrogen-bond acceptors (Lipinski definition) is 9. The number of benzene rings is 1. The van der Waals surface area contributed by atoms with Crippen molar-refractivity contribution in [1.29, 1.82) is 0 Å². The molecule has 2 saturated heterocycles. The van der Waals surface area contributed by atoms with Gasteiger partial charge in [0.1, 0.15) is 17.3 Å². The molecule has 2 aromatic rings. The molecule has 1 N–H and O–H groups in total. The molecular formula is C29H36Cl2N6O4. The van der Waals surface area contributed by atoms with Crippen LogP contribution in [0.4, 0.5) is 11.8 Å². The fraction of sp³-hybridized carbons (Fsp3) is 0.483. The SMILES string of the molecule is C=CC(=O)N1CCN(CCCN2CC(c3c(Cl)c(OC)cc(OC)c3Cl)=Cc3cnc(NC4CCOC4)nc32)CC1. The monoisotopic (exact) mass is 602 g/mol. The number of piperazine rings is 1. The number of halogens is 2. The van der Waals surface area contributed by atoms with Crippen LogP contribution in [-0.2, 0) is 9.53 Å². The molecule has 4 heterocycles. The van der Waals surface area contributed by atoms with Crippen molar-refractivity contribution in [3.8, 4) is 11.5 Å².